The number of anilines is 1. The Morgan fingerprint density at radius 3 is 2.54 bits per heavy atom. The summed E-state index contributed by atoms with van der Waals surface area (Å²) in [6, 6.07) is 4.32. The van der Waals surface area contributed by atoms with Gasteiger partial charge in [0.15, 0.2) is 9.84 Å². The van der Waals surface area contributed by atoms with Gasteiger partial charge >= 0.3 is 0 Å². The average Bonchev–Trinajstić information content (AvgIpc) is 2.09. The molecule has 0 heterocycles. The van der Waals surface area contributed by atoms with Gasteiger partial charge in [-0.15, -0.1) is 0 Å². The van der Waals surface area contributed by atoms with E-state index in [1.807, 2.05) is 0 Å². The van der Waals surface area contributed by atoms with E-state index in [-0.39, 0.29) is 15.7 Å². The number of nitrogen functional groups attached to an aromatic ring is 1. The van der Waals surface area contributed by atoms with Crippen LogP contribution in [0.1, 0.15) is 6.92 Å². The average molecular weight is 220 g/mol. The number of benzene rings is 1. The van der Waals surface area contributed by atoms with Crippen molar-refractivity contribution in [3.8, 4) is 0 Å². The number of sulfone groups is 1. The minimum atomic E-state index is -3.18. The smallest absolute Gasteiger partial charge is 0.178 e. The van der Waals surface area contributed by atoms with Gasteiger partial charge in [0, 0.05) is 0 Å². The highest BCUT2D eigenvalue weighted by molar-refractivity contribution is 7.91. The molecule has 1 aromatic rings. The SMILES string of the molecule is CCS(=O)(=O)c1ccc(N)c(Cl)c1. The van der Waals surface area contributed by atoms with E-state index >= 15 is 0 Å². The van der Waals surface area contributed by atoms with Crippen LogP contribution in [0.5, 0.6) is 0 Å². The minimum Gasteiger partial charge on any atom is -0.398 e. The third kappa shape index (κ3) is 2.14. The summed E-state index contributed by atoms with van der Waals surface area (Å²) in [5.74, 6) is 0.0627. The van der Waals surface area contributed by atoms with Crippen LogP contribution in [0.2, 0.25) is 5.02 Å². The van der Waals surface area contributed by atoms with Crippen LogP contribution in [0.15, 0.2) is 23.1 Å². The third-order valence-corrected chi connectivity index (χ3v) is 3.77. The summed E-state index contributed by atoms with van der Waals surface area (Å²) < 4.78 is 22.7. The van der Waals surface area contributed by atoms with E-state index in [4.69, 9.17) is 17.3 Å². The van der Waals surface area contributed by atoms with E-state index < -0.39 is 9.84 Å². The topological polar surface area (TPSA) is 60.2 Å². The van der Waals surface area contributed by atoms with Crippen LogP contribution in [0, 0.1) is 0 Å². The fraction of sp³-hybridized carbons (Fsp3) is 0.250. The Kier molecular flexibility index (Phi) is 2.83. The molecule has 3 nitrogen and oxygen atoms in total. The van der Waals surface area contributed by atoms with Crippen molar-refractivity contribution in [2.24, 2.45) is 0 Å². The zero-order valence-electron chi connectivity index (χ0n) is 7.12. The van der Waals surface area contributed by atoms with Gasteiger partial charge in [0.2, 0.25) is 0 Å². The molecule has 0 saturated carbocycles. The second kappa shape index (κ2) is 3.55. The lowest BCUT2D eigenvalue weighted by Gasteiger charge is -2.02. The van der Waals surface area contributed by atoms with Crippen LogP contribution in [-0.4, -0.2) is 14.2 Å². The van der Waals surface area contributed by atoms with Crippen molar-refractivity contribution in [1.82, 2.24) is 0 Å². The van der Waals surface area contributed by atoms with Crippen molar-refractivity contribution < 1.29 is 8.42 Å². The number of nitrogens with two attached hydrogens (primary N) is 1. The molecule has 0 atom stereocenters. The van der Waals surface area contributed by atoms with Crippen LogP contribution in [0.25, 0.3) is 0 Å². The Bertz CT molecular complexity index is 414. The lowest BCUT2D eigenvalue weighted by Crippen LogP contribution is -2.03. The Morgan fingerprint density at radius 2 is 2.08 bits per heavy atom. The Labute approximate surface area is 82.4 Å². The Hall–Kier alpha value is -0.740. The van der Waals surface area contributed by atoms with Crippen LogP contribution in [-0.2, 0) is 9.84 Å². The summed E-state index contributed by atoms with van der Waals surface area (Å²) in [5.41, 5.74) is 5.83. The molecule has 5 heteroatoms. The summed E-state index contributed by atoms with van der Waals surface area (Å²) in [6.07, 6.45) is 0. The van der Waals surface area contributed by atoms with Gasteiger partial charge in [-0.25, -0.2) is 8.42 Å². The first kappa shape index (κ1) is 10.3. The lowest BCUT2D eigenvalue weighted by atomic mass is 10.3. The van der Waals surface area contributed by atoms with Gasteiger partial charge in [-0.2, -0.15) is 0 Å². The van der Waals surface area contributed by atoms with Crippen molar-refractivity contribution in [3.63, 3.8) is 0 Å². The molecule has 72 valence electrons. The molecular weight excluding hydrogens is 210 g/mol. The predicted molar refractivity (Wildman–Crippen MR) is 53.6 cm³/mol. The maximum absolute atomic E-state index is 11.4. The highest BCUT2D eigenvalue weighted by Gasteiger charge is 2.12. The normalized spacial score (nSPS) is 11.5. The first-order valence-corrected chi connectivity index (χ1v) is 5.78. The van der Waals surface area contributed by atoms with E-state index in [2.05, 4.69) is 0 Å². The molecule has 0 amide bonds. The highest BCUT2D eigenvalue weighted by atomic mass is 35.5. The van der Waals surface area contributed by atoms with Gasteiger partial charge in [-0.3, -0.25) is 0 Å². The van der Waals surface area contributed by atoms with Gasteiger partial charge in [0.25, 0.3) is 0 Å². The molecule has 2 N–H and O–H groups in total. The van der Waals surface area contributed by atoms with Crippen LogP contribution < -0.4 is 5.73 Å². The fourth-order valence-corrected chi connectivity index (χ4v) is 2.02. The molecule has 0 spiro atoms. The number of rotatable bonds is 2. The maximum atomic E-state index is 11.4. The molecule has 1 rings (SSSR count). The summed E-state index contributed by atoms with van der Waals surface area (Å²) >= 11 is 5.69. The quantitative estimate of drug-likeness (QED) is 0.771. The minimum absolute atomic E-state index is 0.0627. The number of hydrogen-bond donors (Lipinski definition) is 1. The molecule has 0 unspecified atom stereocenters. The molecule has 0 aromatic heterocycles. The molecule has 13 heavy (non-hydrogen) atoms. The first-order chi connectivity index (χ1) is 5.97. The molecule has 0 fully saturated rings. The van der Waals surface area contributed by atoms with Crippen LogP contribution >= 0.6 is 11.6 Å². The predicted octanol–water partition coefficient (Wildman–Crippen LogP) is 1.72. The summed E-state index contributed by atoms with van der Waals surface area (Å²) in [7, 11) is -3.18. The summed E-state index contributed by atoms with van der Waals surface area (Å²) in [6.45, 7) is 1.58. The van der Waals surface area contributed by atoms with E-state index in [0.29, 0.717) is 5.69 Å². The molecule has 0 radical (unpaired) electrons. The van der Waals surface area contributed by atoms with Crippen molar-refractivity contribution in [1.29, 1.82) is 0 Å². The summed E-state index contributed by atoms with van der Waals surface area (Å²) in [4.78, 5) is 0.217. The van der Waals surface area contributed by atoms with E-state index in [0.717, 1.165) is 0 Å². The number of halogens is 1. The molecule has 0 bridgehead atoms. The highest BCUT2D eigenvalue weighted by Crippen LogP contribution is 2.22. The van der Waals surface area contributed by atoms with Crippen LogP contribution in [0.4, 0.5) is 5.69 Å². The third-order valence-electron chi connectivity index (χ3n) is 1.71. The van der Waals surface area contributed by atoms with Crippen molar-refractivity contribution in [2.45, 2.75) is 11.8 Å². The largest absolute Gasteiger partial charge is 0.398 e. The van der Waals surface area contributed by atoms with Gasteiger partial charge in [-0.05, 0) is 18.2 Å². The molecular formula is C8H10ClNO2S. The van der Waals surface area contributed by atoms with Crippen molar-refractivity contribution >= 4 is 27.1 Å². The van der Waals surface area contributed by atoms with E-state index in [1.54, 1.807) is 6.92 Å². The first-order valence-electron chi connectivity index (χ1n) is 3.75. The van der Waals surface area contributed by atoms with E-state index in [1.165, 1.54) is 18.2 Å². The van der Waals surface area contributed by atoms with E-state index in [9.17, 15) is 8.42 Å². The molecule has 0 aliphatic carbocycles. The number of hydrogen-bond acceptors (Lipinski definition) is 3. The molecule has 0 saturated heterocycles. The zero-order chi connectivity index (χ0) is 10.1. The van der Waals surface area contributed by atoms with Crippen molar-refractivity contribution in [2.75, 3.05) is 11.5 Å². The lowest BCUT2D eigenvalue weighted by molar-refractivity contribution is 0.597. The Balaban J connectivity index is 3.27. The maximum Gasteiger partial charge on any atom is 0.178 e. The van der Waals surface area contributed by atoms with Gasteiger partial charge in [0.1, 0.15) is 0 Å². The fourth-order valence-electron chi connectivity index (χ4n) is 0.868. The van der Waals surface area contributed by atoms with Crippen LogP contribution in [0.3, 0.4) is 0 Å². The van der Waals surface area contributed by atoms with Gasteiger partial charge in [0.05, 0.1) is 21.4 Å². The summed E-state index contributed by atoms with van der Waals surface area (Å²) in [5, 5.41) is 0.273. The Morgan fingerprint density at radius 1 is 1.46 bits per heavy atom. The zero-order valence-corrected chi connectivity index (χ0v) is 8.69. The molecule has 1 aromatic carbocycles. The second-order valence-electron chi connectivity index (χ2n) is 2.59. The monoisotopic (exact) mass is 219 g/mol. The second-order valence-corrected chi connectivity index (χ2v) is 5.27. The standard InChI is InChI=1S/C8H10ClNO2S/c1-2-13(11,12)6-3-4-8(10)7(9)5-6/h3-5H,2,10H2,1H3. The molecule has 0 aliphatic rings. The molecule has 0 aliphatic heterocycles. The van der Waals surface area contributed by atoms with Gasteiger partial charge in [-0.1, -0.05) is 18.5 Å². The van der Waals surface area contributed by atoms with Gasteiger partial charge < -0.3 is 5.73 Å². The van der Waals surface area contributed by atoms with Crippen molar-refractivity contribution in [3.05, 3.63) is 23.2 Å².